The first kappa shape index (κ1) is 15.3. The molecule has 2 heterocycles. The predicted molar refractivity (Wildman–Crippen MR) is 87.6 cm³/mol. The lowest BCUT2D eigenvalue weighted by atomic mass is 10.1. The average Bonchev–Trinajstić information content (AvgIpc) is 3.02. The second-order valence-electron chi connectivity index (χ2n) is 5.01. The fraction of sp³-hybridized carbons (Fsp3) is 0.188. The van der Waals surface area contributed by atoms with E-state index >= 15 is 0 Å². The number of ether oxygens (including phenoxy) is 1. The number of halogens is 1. The van der Waals surface area contributed by atoms with Crippen molar-refractivity contribution in [2.24, 2.45) is 0 Å². The molecule has 0 unspecified atom stereocenters. The highest BCUT2D eigenvalue weighted by molar-refractivity contribution is 6.31. The average molecular weight is 331 g/mol. The van der Waals surface area contributed by atoms with Crippen LogP contribution in [0.5, 0.6) is 5.75 Å². The van der Waals surface area contributed by atoms with Crippen LogP contribution >= 0.6 is 11.6 Å². The van der Waals surface area contributed by atoms with Crippen LogP contribution in [-0.4, -0.2) is 20.3 Å². The van der Waals surface area contributed by atoms with Gasteiger partial charge in [-0.25, -0.2) is 9.97 Å². The van der Waals surface area contributed by atoms with Crippen molar-refractivity contribution in [3.05, 3.63) is 53.2 Å². The van der Waals surface area contributed by atoms with Gasteiger partial charge in [0.25, 0.3) is 0 Å². The van der Waals surface area contributed by atoms with Crippen LogP contribution in [0, 0.1) is 0 Å². The van der Waals surface area contributed by atoms with Gasteiger partial charge in [0.1, 0.15) is 5.82 Å². The molecule has 0 atom stereocenters. The van der Waals surface area contributed by atoms with Gasteiger partial charge >= 0.3 is 5.97 Å². The minimum atomic E-state index is -0.384. The molecular weight excluding hydrogens is 316 g/mol. The Labute approximate surface area is 137 Å². The van der Waals surface area contributed by atoms with E-state index in [1.165, 1.54) is 0 Å². The number of nitrogens with two attached hydrogens (primary N) is 1. The first-order chi connectivity index (χ1) is 11.1. The van der Waals surface area contributed by atoms with Gasteiger partial charge in [-0.1, -0.05) is 30.7 Å². The Morgan fingerprint density at radius 1 is 1.35 bits per heavy atom. The van der Waals surface area contributed by atoms with Crippen molar-refractivity contribution in [3.8, 4) is 5.75 Å². The Morgan fingerprint density at radius 3 is 2.78 bits per heavy atom. The molecule has 0 saturated carbocycles. The molecule has 0 fully saturated rings. The molecule has 0 aliphatic carbocycles. The third-order valence-corrected chi connectivity index (χ3v) is 3.64. The van der Waals surface area contributed by atoms with Crippen molar-refractivity contribution in [1.82, 2.24) is 14.4 Å². The number of imidazole rings is 1. The summed E-state index contributed by atoms with van der Waals surface area (Å²) in [6.45, 7) is 1.71. The second-order valence-corrected chi connectivity index (χ2v) is 5.37. The smallest absolute Gasteiger partial charge is 0.311 e. The first-order valence-corrected chi connectivity index (χ1v) is 7.52. The molecule has 7 heteroatoms. The minimum absolute atomic E-state index is 0.121. The van der Waals surface area contributed by atoms with Gasteiger partial charge in [-0.15, -0.1) is 0 Å². The topological polar surface area (TPSA) is 82.5 Å². The van der Waals surface area contributed by atoms with Crippen molar-refractivity contribution in [3.63, 3.8) is 0 Å². The van der Waals surface area contributed by atoms with Crippen LogP contribution in [0.3, 0.4) is 0 Å². The maximum absolute atomic E-state index is 11.5. The second kappa shape index (κ2) is 6.26. The zero-order valence-corrected chi connectivity index (χ0v) is 13.2. The highest BCUT2D eigenvalue weighted by atomic mass is 35.5. The summed E-state index contributed by atoms with van der Waals surface area (Å²) in [5, 5.41) is 0.121. The number of hydrogen-bond acceptors (Lipinski definition) is 5. The SMILES string of the molecule is CCC(=O)Oc1c(Cl)nc(Cc2ccc(N)cc2)n2ccnc12. The number of esters is 1. The van der Waals surface area contributed by atoms with Crippen LogP contribution in [0.4, 0.5) is 5.69 Å². The maximum atomic E-state index is 11.5. The van der Waals surface area contributed by atoms with E-state index in [9.17, 15) is 4.79 Å². The van der Waals surface area contributed by atoms with Gasteiger partial charge < -0.3 is 10.5 Å². The Bertz CT molecular complexity index is 858. The van der Waals surface area contributed by atoms with Crippen LogP contribution in [-0.2, 0) is 11.2 Å². The van der Waals surface area contributed by atoms with E-state index < -0.39 is 0 Å². The molecule has 0 saturated heterocycles. The van der Waals surface area contributed by atoms with Crippen molar-refractivity contribution < 1.29 is 9.53 Å². The maximum Gasteiger partial charge on any atom is 0.311 e. The molecule has 3 rings (SSSR count). The number of aromatic nitrogens is 3. The van der Waals surface area contributed by atoms with Crippen molar-refractivity contribution in [2.75, 3.05) is 5.73 Å². The Balaban J connectivity index is 2.02. The standard InChI is InChI=1S/C16H15ClN4O2/c1-2-13(22)23-14-15(17)20-12(21-8-7-19-16(14)21)9-10-3-5-11(18)6-4-10/h3-8H,2,9,18H2,1H3. The van der Waals surface area contributed by atoms with Crippen molar-refractivity contribution in [1.29, 1.82) is 0 Å². The molecule has 2 aromatic heterocycles. The quantitative estimate of drug-likeness (QED) is 0.452. The number of carbonyl (C=O) groups is 1. The molecule has 23 heavy (non-hydrogen) atoms. The Morgan fingerprint density at radius 2 is 2.09 bits per heavy atom. The van der Waals surface area contributed by atoms with E-state index in [0.29, 0.717) is 23.6 Å². The van der Waals surface area contributed by atoms with E-state index in [1.54, 1.807) is 23.7 Å². The van der Waals surface area contributed by atoms with E-state index in [2.05, 4.69) is 9.97 Å². The van der Waals surface area contributed by atoms with E-state index in [0.717, 1.165) is 5.56 Å². The van der Waals surface area contributed by atoms with Crippen LogP contribution in [0.2, 0.25) is 5.15 Å². The van der Waals surface area contributed by atoms with Crippen molar-refractivity contribution >= 4 is 28.9 Å². The molecule has 0 aliphatic rings. The lowest BCUT2D eigenvalue weighted by Gasteiger charge is -2.10. The lowest BCUT2D eigenvalue weighted by Crippen LogP contribution is -2.10. The normalized spacial score (nSPS) is 10.9. The van der Waals surface area contributed by atoms with Gasteiger partial charge in [-0.3, -0.25) is 9.20 Å². The molecule has 0 amide bonds. The molecule has 2 N–H and O–H groups in total. The summed E-state index contributed by atoms with van der Waals surface area (Å²) in [5.74, 6) is 0.498. The largest absolute Gasteiger partial charge is 0.419 e. The fourth-order valence-corrected chi connectivity index (χ4v) is 2.43. The number of rotatable bonds is 4. The number of nitrogens with zero attached hydrogens (tertiary/aromatic N) is 3. The number of nitrogen functional groups attached to an aromatic ring is 1. The number of fused-ring (bicyclic) bond motifs is 1. The van der Waals surface area contributed by atoms with Gasteiger partial charge in [0.05, 0.1) is 0 Å². The molecule has 0 aliphatic heterocycles. The summed E-state index contributed by atoms with van der Waals surface area (Å²) in [4.78, 5) is 20.1. The van der Waals surface area contributed by atoms with Crippen LogP contribution in [0.15, 0.2) is 36.7 Å². The van der Waals surface area contributed by atoms with E-state index in [1.807, 2.05) is 24.3 Å². The molecular formula is C16H15ClN4O2. The first-order valence-electron chi connectivity index (χ1n) is 7.15. The van der Waals surface area contributed by atoms with E-state index in [-0.39, 0.29) is 23.3 Å². The zero-order chi connectivity index (χ0) is 16.4. The Kier molecular flexibility index (Phi) is 4.16. The summed E-state index contributed by atoms with van der Waals surface area (Å²) < 4.78 is 7.02. The van der Waals surface area contributed by atoms with Crippen LogP contribution in [0.1, 0.15) is 24.7 Å². The Hall–Kier alpha value is -2.60. The highest BCUT2D eigenvalue weighted by Gasteiger charge is 2.17. The minimum Gasteiger partial charge on any atom is -0.419 e. The highest BCUT2D eigenvalue weighted by Crippen LogP contribution is 2.29. The molecule has 118 valence electrons. The van der Waals surface area contributed by atoms with Crippen LogP contribution < -0.4 is 10.5 Å². The molecule has 0 radical (unpaired) electrons. The molecule has 1 aromatic carbocycles. The zero-order valence-electron chi connectivity index (χ0n) is 12.5. The van der Waals surface area contributed by atoms with Crippen molar-refractivity contribution in [2.45, 2.75) is 19.8 Å². The summed E-state index contributed by atoms with van der Waals surface area (Å²) in [6, 6.07) is 7.52. The summed E-state index contributed by atoms with van der Waals surface area (Å²) in [7, 11) is 0. The predicted octanol–water partition coefficient (Wildman–Crippen LogP) is 2.87. The fourth-order valence-electron chi connectivity index (χ4n) is 2.21. The number of carbonyl (C=O) groups excluding carboxylic acids is 1. The van der Waals surface area contributed by atoms with Gasteiger partial charge in [-0.2, -0.15) is 0 Å². The number of benzene rings is 1. The van der Waals surface area contributed by atoms with E-state index in [4.69, 9.17) is 22.1 Å². The third kappa shape index (κ3) is 3.12. The molecule has 3 aromatic rings. The summed E-state index contributed by atoms with van der Waals surface area (Å²) >= 11 is 6.20. The number of hydrogen-bond donors (Lipinski definition) is 1. The van der Waals surface area contributed by atoms with Gasteiger partial charge in [0, 0.05) is 30.9 Å². The van der Waals surface area contributed by atoms with Gasteiger partial charge in [0.15, 0.2) is 10.8 Å². The van der Waals surface area contributed by atoms with Gasteiger partial charge in [-0.05, 0) is 17.7 Å². The van der Waals surface area contributed by atoms with Crippen LogP contribution in [0.25, 0.3) is 5.65 Å². The summed E-state index contributed by atoms with van der Waals surface area (Å²) in [5.41, 5.74) is 7.91. The monoisotopic (exact) mass is 330 g/mol. The third-order valence-electron chi connectivity index (χ3n) is 3.38. The molecule has 0 bridgehead atoms. The molecule has 0 spiro atoms. The lowest BCUT2D eigenvalue weighted by molar-refractivity contribution is -0.133. The molecule has 6 nitrogen and oxygen atoms in total. The van der Waals surface area contributed by atoms with Gasteiger partial charge in [0.2, 0.25) is 5.75 Å². The number of anilines is 1. The summed E-state index contributed by atoms with van der Waals surface area (Å²) in [6.07, 6.45) is 4.17.